The molecule has 1 aliphatic heterocycles. The second-order valence-electron chi connectivity index (χ2n) is 3.23. The molecule has 76 valence electrons. The van der Waals surface area contributed by atoms with Crippen molar-refractivity contribution in [2.24, 2.45) is 0 Å². The predicted octanol–water partition coefficient (Wildman–Crippen LogP) is 0.633. The second kappa shape index (κ2) is 2.76. The van der Waals surface area contributed by atoms with Crippen molar-refractivity contribution < 1.29 is 25.2 Å². The van der Waals surface area contributed by atoms with Gasteiger partial charge in [-0.3, -0.25) is 0 Å². The van der Waals surface area contributed by atoms with E-state index in [1.165, 1.54) is 0 Å². The number of rotatable bonds is 0. The number of ether oxygens (including phenoxy) is 1. The summed E-state index contributed by atoms with van der Waals surface area (Å²) >= 11 is 0. The number of benzene rings is 1. The van der Waals surface area contributed by atoms with Gasteiger partial charge in [0.15, 0.2) is 17.8 Å². The second-order valence-corrected chi connectivity index (χ2v) is 3.23. The van der Waals surface area contributed by atoms with Gasteiger partial charge in [-0.15, -0.1) is 0 Å². The number of aliphatic hydroxyl groups is 1. The highest BCUT2D eigenvalue weighted by molar-refractivity contribution is 5.62. The third kappa shape index (κ3) is 0.964. The standard InChI is InChI=1S/C9H10O5/c1-3-4-2-14-9(13)5(4)7(11)8(12)6(3)10/h9-13H,2H2,1H3. The van der Waals surface area contributed by atoms with Gasteiger partial charge in [0.05, 0.1) is 12.2 Å². The first kappa shape index (κ1) is 9.11. The van der Waals surface area contributed by atoms with E-state index in [1.54, 1.807) is 6.92 Å². The molecule has 0 aromatic heterocycles. The Morgan fingerprint density at radius 2 is 1.79 bits per heavy atom. The van der Waals surface area contributed by atoms with E-state index < -0.39 is 17.8 Å². The van der Waals surface area contributed by atoms with Crippen LogP contribution in [0.3, 0.4) is 0 Å². The molecule has 1 heterocycles. The smallest absolute Gasteiger partial charge is 0.201 e. The Morgan fingerprint density at radius 1 is 1.14 bits per heavy atom. The van der Waals surface area contributed by atoms with Crippen molar-refractivity contribution in [2.45, 2.75) is 19.8 Å². The fourth-order valence-electron chi connectivity index (χ4n) is 1.60. The van der Waals surface area contributed by atoms with E-state index in [9.17, 15) is 20.4 Å². The summed E-state index contributed by atoms with van der Waals surface area (Å²) in [6.07, 6.45) is -1.24. The summed E-state index contributed by atoms with van der Waals surface area (Å²) in [5.74, 6) is -1.52. The lowest BCUT2D eigenvalue weighted by atomic mass is 10.0. The van der Waals surface area contributed by atoms with Gasteiger partial charge < -0.3 is 25.2 Å². The number of hydrogen-bond donors (Lipinski definition) is 4. The minimum absolute atomic E-state index is 0.115. The average molecular weight is 198 g/mol. The third-order valence-corrected chi connectivity index (χ3v) is 2.47. The minimum Gasteiger partial charge on any atom is -0.504 e. The average Bonchev–Trinajstić information content (AvgIpc) is 2.54. The van der Waals surface area contributed by atoms with Crippen molar-refractivity contribution in [3.63, 3.8) is 0 Å². The quantitative estimate of drug-likeness (QED) is 0.459. The third-order valence-electron chi connectivity index (χ3n) is 2.47. The van der Waals surface area contributed by atoms with Gasteiger partial charge in [0.25, 0.3) is 0 Å². The zero-order chi connectivity index (χ0) is 10.5. The molecule has 0 saturated carbocycles. The first-order valence-electron chi connectivity index (χ1n) is 4.10. The zero-order valence-electron chi connectivity index (χ0n) is 7.48. The summed E-state index contributed by atoms with van der Waals surface area (Å²) in [7, 11) is 0. The molecular weight excluding hydrogens is 188 g/mol. The highest BCUT2D eigenvalue weighted by Gasteiger charge is 2.30. The van der Waals surface area contributed by atoms with Gasteiger partial charge in [-0.05, 0) is 12.5 Å². The molecule has 0 radical (unpaired) electrons. The van der Waals surface area contributed by atoms with Crippen LogP contribution in [0, 0.1) is 6.92 Å². The molecule has 1 aromatic rings. The molecule has 5 nitrogen and oxygen atoms in total. The van der Waals surface area contributed by atoms with Gasteiger partial charge in [-0.2, -0.15) is 0 Å². The monoisotopic (exact) mass is 198 g/mol. The molecule has 0 spiro atoms. The number of phenolic OH excluding ortho intramolecular Hbond substituents is 3. The topological polar surface area (TPSA) is 90.2 Å². The van der Waals surface area contributed by atoms with E-state index in [0.717, 1.165) is 0 Å². The summed E-state index contributed by atoms with van der Waals surface area (Å²) in [4.78, 5) is 0. The molecule has 0 aliphatic carbocycles. The van der Waals surface area contributed by atoms with Crippen LogP contribution in [-0.2, 0) is 11.3 Å². The maximum Gasteiger partial charge on any atom is 0.201 e. The lowest BCUT2D eigenvalue weighted by Gasteiger charge is -2.11. The number of aromatic hydroxyl groups is 3. The Kier molecular flexibility index (Phi) is 1.80. The molecule has 1 atom stereocenters. The van der Waals surface area contributed by atoms with Gasteiger partial charge in [-0.25, -0.2) is 0 Å². The van der Waals surface area contributed by atoms with Crippen molar-refractivity contribution >= 4 is 0 Å². The number of aliphatic hydroxyl groups excluding tert-OH is 1. The van der Waals surface area contributed by atoms with Crippen LogP contribution in [0.15, 0.2) is 0 Å². The molecular formula is C9H10O5. The Labute approximate surface area is 79.8 Å². The van der Waals surface area contributed by atoms with Crippen molar-refractivity contribution in [3.05, 3.63) is 16.7 Å². The lowest BCUT2D eigenvalue weighted by molar-refractivity contribution is -0.0926. The maximum atomic E-state index is 9.44. The van der Waals surface area contributed by atoms with Crippen molar-refractivity contribution in [1.82, 2.24) is 0 Å². The molecule has 0 fully saturated rings. The summed E-state index contributed by atoms with van der Waals surface area (Å²) in [5, 5.41) is 37.5. The fraction of sp³-hybridized carbons (Fsp3) is 0.333. The summed E-state index contributed by atoms with van der Waals surface area (Å²) in [6, 6.07) is 0. The molecule has 0 amide bonds. The highest BCUT2D eigenvalue weighted by atomic mass is 16.6. The summed E-state index contributed by atoms with van der Waals surface area (Å²) < 4.78 is 4.87. The van der Waals surface area contributed by atoms with E-state index in [0.29, 0.717) is 11.1 Å². The molecule has 0 saturated heterocycles. The summed E-state index contributed by atoms with van der Waals surface area (Å²) in [5.41, 5.74) is 1.06. The normalized spacial score (nSPS) is 19.7. The molecule has 1 aromatic carbocycles. The Hall–Kier alpha value is -1.46. The first-order chi connectivity index (χ1) is 6.54. The van der Waals surface area contributed by atoms with Gasteiger partial charge in [-0.1, -0.05) is 0 Å². The number of phenols is 3. The van der Waals surface area contributed by atoms with Crippen LogP contribution in [0.4, 0.5) is 0 Å². The number of hydrogen-bond acceptors (Lipinski definition) is 5. The first-order valence-corrected chi connectivity index (χ1v) is 4.10. The summed E-state index contributed by atoms with van der Waals surface area (Å²) in [6.45, 7) is 1.69. The van der Waals surface area contributed by atoms with Crippen LogP contribution in [0.1, 0.15) is 23.0 Å². The Balaban J connectivity index is 2.77. The lowest BCUT2D eigenvalue weighted by Crippen LogP contribution is -1.94. The van der Waals surface area contributed by atoms with Crippen molar-refractivity contribution in [3.8, 4) is 17.2 Å². The zero-order valence-corrected chi connectivity index (χ0v) is 7.48. The molecule has 0 bridgehead atoms. The Morgan fingerprint density at radius 3 is 2.43 bits per heavy atom. The van der Waals surface area contributed by atoms with Crippen LogP contribution >= 0.6 is 0 Å². The minimum atomic E-state index is -1.24. The van der Waals surface area contributed by atoms with Crippen molar-refractivity contribution in [2.75, 3.05) is 0 Å². The largest absolute Gasteiger partial charge is 0.504 e. The van der Waals surface area contributed by atoms with Gasteiger partial charge in [0.2, 0.25) is 5.75 Å². The molecule has 1 unspecified atom stereocenters. The Bertz CT molecular complexity index is 399. The van der Waals surface area contributed by atoms with Crippen LogP contribution in [0.2, 0.25) is 0 Å². The fourth-order valence-corrected chi connectivity index (χ4v) is 1.60. The van der Waals surface area contributed by atoms with Crippen molar-refractivity contribution in [1.29, 1.82) is 0 Å². The van der Waals surface area contributed by atoms with Crippen LogP contribution in [-0.4, -0.2) is 20.4 Å². The van der Waals surface area contributed by atoms with E-state index in [2.05, 4.69) is 0 Å². The highest BCUT2D eigenvalue weighted by Crippen LogP contribution is 2.48. The van der Waals surface area contributed by atoms with E-state index in [-0.39, 0.29) is 17.9 Å². The van der Waals surface area contributed by atoms with Crippen LogP contribution < -0.4 is 0 Å². The number of fused-ring (bicyclic) bond motifs is 1. The van der Waals surface area contributed by atoms with Gasteiger partial charge >= 0.3 is 0 Å². The molecule has 4 N–H and O–H groups in total. The predicted molar refractivity (Wildman–Crippen MR) is 45.9 cm³/mol. The van der Waals surface area contributed by atoms with E-state index >= 15 is 0 Å². The van der Waals surface area contributed by atoms with E-state index in [4.69, 9.17) is 4.74 Å². The SMILES string of the molecule is Cc1c(O)c(O)c(O)c2c1COC2O. The van der Waals surface area contributed by atoms with Crippen LogP contribution in [0.5, 0.6) is 17.2 Å². The maximum absolute atomic E-state index is 9.44. The van der Waals surface area contributed by atoms with Gasteiger partial charge in [0, 0.05) is 5.56 Å². The molecule has 1 aliphatic rings. The van der Waals surface area contributed by atoms with Crippen LogP contribution in [0.25, 0.3) is 0 Å². The van der Waals surface area contributed by atoms with Gasteiger partial charge in [0.1, 0.15) is 0 Å². The van der Waals surface area contributed by atoms with E-state index in [1.807, 2.05) is 0 Å². The molecule has 14 heavy (non-hydrogen) atoms. The molecule has 2 rings (SSSR count). The molecule has 5 heteroatoms.